The maximum atomic E-state index is 13.2. The van der Waals surface area contributed by atoms with Gasteiger partial charge in [-0.05, 0) is 48.7 Å². The van der Waals surface area contributed by atoms with Gasteiger partial charge in [0.05, 0.1) is 10.4 Å². The van der Waals surface area contributed by atoms with Crippen LogP contribution in [0.25, 0.3) is 16.5 Å². The van der Waals surface area contributed by atoms with Crippen molar-refractivity contribution in [3.63, 3.8) is 0 Å². The Bertz CT molecular complexity index is 1090. The van der Waals surface area contributed by atoms with Crippen molar-refractivity contribution >= 4 is 26.5 Å². The highest BCUT2D eigenvalue weighted by atomic mass is 32.2. The van der Waals surface area contributed by atoms with E-state index in [0.29, 0.717) is 4.90 Å². The predicted molar refractivity (Wildman–Crippen MR) is 97.8 cm³/mol. The molecule has 0 saturated carbocycles. The fourth-order valence-corrected chi connectivity index (χ4v) is 4.98. The van der Waals surface area contributed by atoms with Gasteiger partial charge in [-0.1, -0.05) is 42.8 Å². The molecule has 0 spiro atoms. The largest absolute Gasteiger partial charge is 0.268 e. The summed E-state index contributed by atoms with van der Waals surface area (Å²) < 4.78 is 27.7. The zero-order valence-electron chi connectivity index (χ0n) is 13.9. The van der Waals surface area contributed by atoms with Gasteiger partial charge in [0, 0.05) is 17.5 Å². The molecule has 0 bridgehead atoms. The first-order valence-corrected chi connectivity index (χ1v) is 9.48. The molecule has 3 nitrogen and oxygen atoms in total. The minimum atomic E-state index is -3.61. The third-order valence-electron chi connectivity index (χ3n) is 4.82. The Kier molecular flexibility index (Phi) is 3.22. The van der Waals surface area contributed by atoms with E-state index in [1.54, 1.807) is 18.3 Å². The molecule has 3 aromatic rings. The molecule has 0 aliphatic heterocycles. The second-order valence-electron chi connectivity index (χ2n) is 6.53. The van der Waals surface area contributed by atoms with Crippen LogP contribution in [0.1, 0.15) is 36.5 Å². The number of benzene rings is 2. The third kappa shape index (κ3) is 2.06. The monoisotopic (exact) mass is 337 g/mol. The van der Waals surface area contributed by atoms with E-state index in [1.807, 2.05) is 31.2 Å². The van der Waals surface area contributed by atoms with Gasteiger partial charge < -0.3 is 0 Å². The van der Waals surface area contributed by atoms with Crippen LogP contribution in [-0.4, -0.2) is 12.4 Å². The normalized spacial score (nSPS) is 17.1. The zero-order chi connectivity index (χ0) is 17.1. The minimum absolute atomic E-state index is 0.213. The van der Waals surface area contributed by atoms with Crippen molar-refractivity contribution in [3.8, 4) is 0 Å². The van der Waals surface area contributed by atoms with E-state index in [2.05, 4.69) is 26.0 Å². The summed E-state index contributed by atoms with van der Waals surface area (Å²) in [4.78, 5) is 0.318. The molecular formula is C20H19NO2S. The van der Waals surface area contributed by atoms with Crippen molar-refractivity contribution in [1.29, 1.82) is 0 Å². The Balaban J connectivity index is 2.01. The lowest BCUT2D eigenvalue weighted by Gasteiger charge is -2.13. The molecule has 0 radical (unpaired) electrons. The molecule has 1 atom stereocenters. The van der Waals surface area contributed by atoms with Crippen LogP contribution in [-0.2, 0) is 10.0 Å². The zero-order valence-corrected chi connectivity index (χ0v) is 14.8. The predicted octanol–water partition coefficient (Wildman–Crippen LogP) is 4.71. The molecule has 0 amide bonds. The molecule has 0 unspecified atom stereocenters. The molecule has 1 heterocycles. The van der Waals surface area contributed by atoms with Crippen molar-refractivity contribution in [1.82, 2.24) is 3.97 Å². The molecule has 122 valence electrons. The Hall–Kier alpha value is -2.33. The average molecular weight is 337 g/mol. The van der Waals surface area contributed by atoms with E-state index >= 15 is 0 Å². The van der Waals surface area contributed by atoms with Crippen LogP contribution in [0.15, 0.2) is 59.6 Å². The summed E-state index contributed by atoms with van der Waals surface area (Å²) in [5, 5.41) is 0.958. The number of nitrogens with zero attached hydrogens (tertiary/aromatic N) is 1. The van der Waals surface area contributed by atoms with Gasteiger partial charge in [0.1, 0.15) is 0 Å². The lowest BCUT2D eigenvalue weighted by Crippen LogP contribution is -2.13. The minimum Gasteiger partial charge on any atom is -0.241 e. The molecule has 1 aliphatic rings. The average Bonchev–Trinajstić information content (AvgIpc) is 3.09. The summed E-state index contributed by atoms with van der Waals surface area (Å²) in [6, 6.07) is 13.0. The molecule has 0 N–H and O–H groups in total. The van der Waals surface area contributed by atoms with Gasteiger partial charge in [0.25, 0.3) is 10.0 Å². The fourth-order valence-electron chi connectivity index (χ4n) is 3.60. The van der Waals surface area contributed by atoms with E-state index in [4.69, 9.17) is 0 Å². The highest BCUT2D eigenvalue weighted by Gasteiger charge is 2.26. The molecular weight excluding hydrogens is 318 g/mol. The third-order valence-corrected chi connectivity index (χ3v) is 6.51. The highest BCUT2D eigenvalue weighted by molar-refractivity contribution is 7.90. The van der Waals surface area contributed by atoms with Crippen molar-refractivity contribution in [3.05, 3.63) is 71.4 Å². The lowest BCUT2D eigenvalue weighted by atomic mass is 9.99. The van der Waals surface area contributed by atoms with Crippen molar-refractivity contribution < 1.29 is 8.42 Å². The SMILES string of the molecule is CC1=C[C@H](C)c2c1ccc1ccn(S(=O)(=O)c3ccc(C)cc3)c21. The van der Waals surface area contributed by atoms with Crippen LogP contribution < -0.4 is 0 Å². The standard InChI is InChI=1S/C20H19NO2S/c1-13-4-7-17(8-5-13)24(22,23)21-11-10-16-6-9-18-14(2)12-15(3)19(18)20(16)21/h4-12,15H,1-3H3/t15-/m0/s1. The summed E-state index contributed by atoms with van der Waals surface area (Å²) in [6.45, 7) is 6.14. The molecule has 0 fully saturated rings. The van der Waals surface area contributed by atoms with Crippen LogP contribution in [0.5, 0.6) is 0 Å². The summed E-state index contributed by atoms with van der Waals surface area (Å²) in [5.41, 5.74) is 5.30. The summed E-state index contributed by atoms with van der Waals surface area (Å²) in [7, 11) is -3.61. The molecule has 24 heavy (non-hydrogen) atoms. The van der Waals surface area contributed by atoms with Crippen LogP contribution in [0.4, 0.5) is 0 Å². The Morgan fingerprint density at radius 3 is 2.38 bits per heavy atom. The van der Waals surface area contributed by atoms with E-state index < -0.39 is 10.0 Å². The Morgan fingerprint density at radius 1 is 0.958 bits per heavy atom. The first-order valence-electron chi connectivity index (χ1n) is 8.04. The highest BCUT2D eigenvalue weighted by Crippen LogP contribution is 2.41. The maximum Gasteiger partial charge on any atom is 0.268 e. The van der Waals surface area contributed by atoms with E-state index in [1.165, 1.54) is 9.55 Å². The van der Waals surface area contributed by atoms with Crippen molar-refractivity contribution in [2.75, 3.05) is 0 Å². The number of aromatic nitrogens is 1. The summed E-state index contributed by atoms with van der Waals surface area (Å²) in [5.74, 6) is 0.213. The van der Waals surface area contributed by atoms with Crippen LogP contribution in [0.3, 0.4) is 0 Å². The number of fused-ring (bicyclic) bond motifs is 3. The quantitative estimate of drug-likeness (QED) is 0.679. The summed E-state index contributed by atoms with van der Waals surface area (Å²) in [6.07, 6.45) is 3.86. The molecule has 4 heteroatoms. The van der Waals surface area contributed by atoms with Gasteiger partial charge in [-0.3, -0.25) is 0 Å². The van der Waals surface area contributed by atoms with Crippen molar-refractivity contribution in [2.24, 2.45) is 0 Å². The van der Waals surface area contributed by atoms with E-state index in [-0.39, 0.29) is 5.92 Å². The Labute approximate surface area is 142 Å². The van der Waals surface area contributed by atoms with Gasteiger partial charge in [-0.2, -0.15) is 0 Å². The number of allylic oxidation sites excluding steroid dienone is 2. The van der Waals surface area contributed by atoms with Crippen LogP contribution in [0, 0.1) is 6.92 Å². The van der Waals surface area contributed by atoms with Crippen molar-refractivity contribution in [2.45, 2.75) is 31.6 Å². The first kappa shape index (κ1) is 15.2. The second-order valence-corrected chi connectivity index (χ2v) is 8.35. The van der Waals surface area contributed by atoms with E-state index in [0.717, 1.165) is 27.6 Å². The molecule has 1 aliphatic carbocycles. The van der Waals surface area contributed by atoms with E-state index in [9.17, 15) is 8.42 Å². The number of hydrogen-bond acceptors (Lipinski definition) is 2. The topological polar surface area (TPSA) is 39.1 Å². The van der Waals surface area contributed by atoms with Gasteiger partial charge in [-0.15, -0.1) is 0 Å². The first-order chi connectivity index (χ1) is 11.4. The fraction of sp³-hybridized carbons (Fsp3) is 0.200. The molecule has 0 saturated heterocycles. The van der Waals surface area contributed by atoms with Crippen LogP contribution in [0.2, 0.25) is 0 Å². The van der Waals surface area contributed by atoms with Gasteiger partial charge in [0.15, 0.2) is 0 Å². The number of rotatable bonds is 2. The second kappa shape index (κ2) is 5.08. The Morgan fingerprint density at radius 2 is 1.67 bits per heavy atom. The number of hydrogen-bond donors (Lipinski definition) is 0. The maximum absolute atomic E-state index is 13.2. The van der Waals surface area contributed by atoms with Gasteiger partial charge in [-0.25, -0.2) is 12.4 Å². The van der Waals surface area contributed by atoms with Gasteiger partial charge >= 0.3 is 0 Å². The summed E-state index contributed by atoms with van der Waals surface area (Å²) >= 11 is 0. The molecule has 4 rings (SSSR count). The lowest BCUT2D eigenvalue weighted by molar-refractivity contribution is 0.589. The molecule has 1 aromatic heterocycles. The van der Waals surface area contributed by atoms with Gasteiger partial charge in [0.2, 0.25) is 0 Å². The van der Waals surface area contributed by atoms with Crippen LogP contribution >= 0.6 is 0 Å². The smallest absolute Gasteiger partial charge is 0.241 e. The number of aryl methyl sites for hydroxylation is 1. The molecule has 2 aromatic carbocycles.